The summed E-state index contributed by atoms with van der Waals surface area (Å²) < 4.78 is 32.0. The lowest BCUT2D eigenvalue weighted by Gasteiger charge is -2.09. The highest BCUT2D eigenvalue weighted by atomic mass is 19.1. The first kappa shape index (κ1) is 18.3. The second-order valence-corrected chi connectivity index (χ2v) is 5.76. The van der Waals surface area contributed by atoms with Gasteiger partial charge in [-0.1, -0.05) is 36.4 Å². The van der Waals surface area contributed by atoms with Crippen LogP contribution in [0.15, 0.2) is 65.7 Å². The number of benzene rings is 2. The third-order valence-electron chi connectivity index (χ3n) is 3.85. The normalized spacial score (nSPS) is 10.4. The van der Waals surface area contributed by atoms with Crippen molar-refractivity contribution in [2.75, 3.05) is 0 Å². The Morgan fingerprint density at radius 2 is 1.85 bits per heavy atom. The molecule has 1 aromatic heterocycles. The summed E-state index contributed by atoms with van der Waals surface area (Å²) in [5.74, 6) is -2.17. The lowest BCUT2D eigenvalue weighted by molar-refractivity contribution is 0.0948. The molecule has 0 aliphatic carbocycles. The molecule has 138 valence electrons. The summed E-state index contributed by atoms with van der Waals surface area (Å²) in [7, 11) is 0. The Hall–Kier alpha value is -3.48. The number of carbonyl (C=O) groups excluding carboxylic acids is 1. The van der Waals surface area contributed by atoms with Crippen LogP contribution in [0.3, 0.4) is 0 Å². The van der Waals surface area contributed by atoms with Crippen molar-refractivity contribution in [3.05, 3.63) is 99.5 Å². The van der Waals surface area contributed by atoms with Gasteiger partial charge < -0.3 is 15.0 Å². The van der Waals surface area contributed by atoms with Gasteiger partial charge in [0.25, 0.3) is 5.91 Å². The zero-order valence-corrected chi connectivity index (χ0v) is 14.2. The SMILES string of the molecule is O=C(NCc1ccc(F)cc1F)c1c[nH]cc(OCc2ccccc2)c1=O. The number of aromatic amines is 1. The third kappa shape index (κ3) is 4.58. The quantitative estimate of drug-likeness (QED) is 0.700. The summed E-state index contributed by atoms with van der Waals surface area (Å²) >= 11 is 0. The van der Waals surface area contributed by atoms with Crippen molar-refractivity contribution in [3.8, 4) is 5.75 Å². The van der Waals surface area contributed by atoms with Crippen molar-refractivity contribution in [1.82, 2.24) is 10.3 Å². The molecule has 0 atom stereocenters. The van der Waals surface area contributed by atoms with E-state index in [1.54, 1.807) is 0 Å². The molecule has 27 heavy (non-hydrogen) atoms. The Morgan fingerprint density at radius 3 is 2.59 bits per heavy atom. The lowest BCUT2D eigenvalue weighted by atomic mass is 10.2. The molecule has 0 unspecified atom stereocenters. The van der Waals surface area contributed by atoms with Crippen LogP contribution < -0.4 is 15.5 Å². The van der Waals surface area contributed by atoms with Gasteiger partial charge in [-0.25, -0.2) is 8.78 Å². The number of nitrogens with one attached hydrogen (secondary N) is 2. The molecule has 2 aromatic carbocycles. The molecule has 0 radical (unpaired) electrons. The van der Waals surface area contributed by atoms with Crippen LogP contribution >= 0.6 is 0 Å². The Bertz CT molecular complexity index is 1000. The van der Waals surface area contributed by atoms with Crippen LogP contribution in [0.1, 0.15) is 21.5 Å². The molecule has 1 heterocycles. The Morgan fingerprint density at radius 1 is 1.07 bits per heavy atom. The molecular weight excluding hydrogens is 354 g/mol. The van der Waals surface area contributed by atoms with Gasteiger partial charge in [0.05, 0.1) is 0 Å². The zero-order chi connectivity index (χ0) is 19.2. The summed E-state index contributed by atoms with van der Waals surface area (Å²) in [5, 5.41) is 2.44. The number of hydrogen-bond acceptors (Lipinski definition) is 3. The first-order valence-electron chi connectivity index (χ1n) is 8.14. The first-order valence-corrected chi connectivity index (χ1v) is 8.14. The predicted molar refractivity (Wildman–Crippen MR) is 95.4 cm³/mol. The van der Waals surface area contributed by atoms with Crippen LogP contribution in [0, 0.1) is 11.6 Å². The molecule has 0 saturated carbocycles. The molecule has 0 spiro atoms. The van der Waals surface area contributed by atoms with E-state index in [1.807, 2.05) is 30.3 Å². The average molecular weight is 370 g/mol. The molecular formula is C20H16F2N2O3. The van der Waals surface area contributed by atoms with Crippen LogP contribution in [0.2, 0.25) is 0 Å². The number of pyridine rings is 1. The zero-order valence-electron chi connectivity index (χ0n) is 14.2. The highest BCUT2D eigenvalue weighted by Gasteiger charge is 2.15. The summed E-state index contributed by atoms with van der Waals surface area (Å²) in [5.41, 5.74) is 0.237. The number of H-pyrrole nitrogens is 1. The van der Waals surface area contributed by atoms with Gasteiger partial charge in [0.15, 0.2) is 5.75 Å². The highest BCUT2D eigenvalue weighted by Crippen LogP contribution is 2.10. The van der Waals surface area contributed by atoms with E-state index in [0.29, 0.717) is 0 Å². The number of amides is 1. The van der Waals surface area contributed by atoms with Crippen LogP contribution in [0.4, 0.5) is 8.78 Å². The van der Waals surface area contributed by atoms with Crippen LogP contribution in [0.25, 0.3) is 0 Å². The van der Waals surface area contributed by atoms with Gasteiger partial charge in [-0.3, -0.25) is 9.59 Å². The third-order valence-corrected chi connectivity index (χ3v) is 3.85. The number of hydrogen-bond donors (Lipinski definition) is 2. The molecule has 0 bridgehead atoms. The number of aromatic nitrogens is 1. The van der Waals surface area contributed by atoms with Gasteiger partial charge in [0, 0.05) is 30.6 Å². The molecule has 0 fully saturated rings. The summed E-state index contributed by atoms with van der Waals surface area (Å²) in [6, 6.07) is 12.3. The number of ether oxygens (including phenoxy) is 1. The minimum absolute atomic E-state index is 0.000495. The van der Waals surface area contributed by atoms with Gasteiger partial charge in [-0.2, -0.15) is 0 Å². The second kappa shape index (κ2) is 8.27. The average Bonchev–Trinajstić information content (AvgIpc) is 2.67. The number of rotatable bonds is 6. The van der Waals surface area contributed by atoms with E-state index in [-0.39, 0.29) is 30.0 Å². The van der Waals surface area contributed by atoms with Gasteiger partial charge in [-0.15, -0.1) is 0 Å². The molecule has 1 amide bonds. The minimum Gasteiger partial charge on any atom is -0.483 e. The summed E-state index contributed by atoms with van der Waals surface area (Å²) in [6.07, 6.45) is 2.61. The highest BCUT2D eigenvalue weighted by molar-refractivity contribution is 5.94. The van der Waals surface area contributed by atoms with Crippen molar-refractivity contribution < 1.29 is 18.3 Å². The topological polar surface area (TPSA) is 71.2 Å². The predicted octanol–water partition coefficient (Wildman–Crippen LogP) is 3.16. The summed E-state index contributed by atoms with van der Waals surface area (Å²) in [6.45, 7) is -0.00469. The van der Waals surface area contributed by atoms with E-state index in [2.05, 4.69) is 10.3 Å². The van der Waals surface area contributed by atoms with Crippen molar-refractivity contribution in [1.29, 1.82) is 0 Å². The monoisotopic (exact) mass is 370 g/mol. The molecule has 5 nitrogen and oxygen atoms in total. The fourth-order valence-electron chi connectivity index (χ4n) is 2.41. The lowest BCUT2D eigenvalue weighted by Crippen LogP contribution is -2.29. The molecule has 3 rings (SSSR count). The van der Waals surface area contributed by atoms with E-state index in [0.717, 1.165) is 17.7 Å². The fraction of sp³-hybridized carbons (Fsp3) is 0.100. The first-order chi connectivity index (χ1) is 13.0. The molecule has 0 aliphatic rings. The molecule has 7 heteroatoms. The molecule has 3 aromatic rings. The molecule has 0 aliphatic heterocycles. The van der Waals surface area contributed by atoms with Crippen LogP contribution in [-0.4, -0.2) is 10.9 Å². The van der Waals surface area contributed by atoms with E-state index in [9.17, 15) is 18.4 Å². The number of carbonyl (C=O) groups is 1. The molecule has 2 N–H and O–H groups in total. The maximum Gasteiger partial charge on any atom is 0.257 e. The molecule has 0 saturated heterocycles. The number of halogens is 2. The van der Waals surface area contributed by atoms with Crippen molar-refractivity contribution in [3.63, 3.8) is 0 Å². The Labute approximate surface area is 153 Å². The maximum atomic E-state index is 13.6. The van der Waals surface area contributed by atoms with E-state index >= 15 is 0 Å². The van der Waals surface area contributed by atoms with E-state index in [4.69, 9.17) is 4.74 Å². The van der Waals surface area contributed by atoms with E-state index in [1.165, 1.54) is 18.5 Å². The smallest absolute Gasteiger partial charge is 0.257 e. The Balaban J connectivity index is 1.69. The van der Waals surface area contributed by atoms with Crippen LogP contribution in [0.5, 0.6) is 5.75 Å². The summed E-state index contributed by atoms with van der Waals surface area (Å²) in [4.78, 5) is 27.4. The fourth-order valence-corrected chi connectivity index (χ4v) is 2.41. The standard InChI is InChI=1S/C20H16F2N2O3/c21-15-7-6-14(17(22)8-15)9-24-20(26)16-10-23-11-18(19(16)25)27-12-13-4-2-1-3-5-13/h1-8,10-11H,9,12H2,(H,23,25)(H,24,26). The van der Waals surface area contributed by atoms with Gasteiger partial charge >= 0.3 is 0 Å². The maximum absolute atomic E-state index is 13.6. The van der Waals surface area contributed by atoms with E-state index < -0.39 is 23.0 Å². The van der Waals surface area contributed by atoms with Crippen molar-refractivity contribution in [2.45, 2.75) is 13.2 Å². The van der Waals surface area contributed by atoms with Gasteiger partial charge in [0.2, 0.25) is 5.43 Å². The van der Waals surface area contributed by atoms with Crippen molar-refractivity contribution >= 4 is 5.91 Å². The van der Waals surface area contributed by atoms with Gasteiger partial charge in [0.1, 0.15) is 23.8 Å². The van der Waals surface area contributed by atoms with Crippen LogP contribution in [-0.2, 0) is 13.2 Å². The Kier molecular flexibility index (Phi) is 5.61. The minimum atomic E-state index is -0.774. The van der Waals surface area contributed by atoms with Crippen molar-refractivity contribution in [2.24, 2.45) is 0 Å². The second-order valence-electron chi connectivity index (χ2n) is 5.76. The van der Waals surface area contributed by atoms with Gasteiger partial charge in [-0.05, 0) is 11.6 Å². The largest absolute Gasteiger partial charge is 0.483 e.